The summed E-state index contributed by atoms with van der Waals surface area (Å²) in [6.45, 7) is 0.835. The molecule has 0 bridgehead atoms. The topological polar surface area (TPSA) is 60.2 Å². The van der Waals surface area contributed by atoms with Gasteiger partial charge in [0.05, 0.1) is 18.7 Å². The lowest BCUT2D eigenvalue weighted by Gasteiger charge is -2.23. The second kappa shape index (κ2) is 4.65. The minimum absolute atomic E-state index is 0.331. The van der Waals surface area contributed by atoms with Crippen LogP contribution in [0.25, 0.3) is 22.0 Å². The van der Waals surface area contributed by atoms with Crippen molar-refractivity contribution in [3.8, 4) is 11.1 Å². The van der Waals surface area contributed by atoms with Crippen LogP contribution >= 0.6 is 0 Å². The Morgan fingerprint density at radius 3 is 3.14 bits per heavy atom. The minimum Gasteiger partial charge on any atom is -0.386 e. The van der Waals surface area contributed by atoms with E-state index in [2.05, 4.69) is 22.2 Å². The lowest BCUT2D eigenvalue weighted by atomic mass is 9.94. The fraction of sp³-hybridized carbons (Fsp3) is 0.250. The maximum atomic E-state index is 10.0. The molecule has 1 unspecified atom stereocenters. The molecule has 0 amide bonds. The summed E-state index contributed by atoms with van der Waals surface area (Å²) < 4.78 is 7.27. The van der Waals surface area contributed by atoms with Crippen LogP contribution in [-0.2, 0) is 18.4 Å². The third-order valence-corrected chi connectivity index (χ3v) is 3.90. The third-order valence-electron chi connectivity index (χ3n) is 3.90. The quantitative estimate of drug-likeness (QED) is 0.743. The zero-order valence-corrected chi connectivity index (χ0v) is 11.7. The molecule has 0 spiro atoms. The Morgan fingerprint density at radius 1 is 1.33 bits per heavy atom. The average Bonchev–Trinajstić information content (AvgIpc) is 2.86. The van der Waals surface area contributed by atoms with Crippen molar-refractivity contribution in [2.24, 2.45) is 7.05 Å². The second-order valence-electron chi connectivity index (χ2n) is 5.36. The van der Waals surface area contributed by atoms with Gasteiger partial charge in [-0.3, -0.25) is 9.67 Å². The van der Waals surface area contributed by atoms with E-state index in [0.29, 0.717) is 13.2 Å². The van der Waals surface area contributed by atoms with E-state index < -0.39 is 6.10 Å². The van der Waals surface area contributed by atoms with Gasteiger partial charge in [0.25, 0.3) is 0 Å². The summed E-state index contributed by atoms with van der Waals surface area (Å²) >= 11 is 0. The van der Waals surface area contributed by atoms with E-state index in [1.54, 1.807) is 10.9 Å². The molecule has 5 heteroatoms. The molecule has 1 atom stereocenters. The van der Waals surface area contributed by atoms with Crippen LogP contribution in [0.4, 0.5) is 0 Å². The number of rotatable bonds is 1. The summed E-state index contributed by atoms with van der Waals surface area (Å²) in [5, 5.41) is 15.6. The van der Waals surface area contributed by atoms with Crippen molar-refractivity contribution >= 4 is 10.9 Å². The molecular weight excluding hydrogens is 266 g/mol. The van der Waals surface area contributed by atoms with Crippen LogP contribution in [0.5, 0.6) is 0 Å². The van der Waals surface area contributed by atoms with Crippen LogP contribution in [0.2, 0.25) is 0 Å². The Balaban J connectivity index is 1.90. The zero-order chi connectivity index (χ0) is 14.4. The predicted octanol–water partition coefficient (Wildman–Crippen LogP) is 2.20. The summed E-state index contributed by atoms with van der Waals surface area (Å²) in [6.07, 6.45) is 4.94. The molecule has 21 heavy (non-hydrogen) atoms. The summed E-state index contributed by atoms with van der Waals surface area (Å²) in [4.78, 5) is 4.27. The van der Waals surface area contributed by atoms with Crippen LogP contribution in [-0.4, -0.2) is 26.5 Å². The number of benzene rings is 1. The van der Waals surface area contributed by atoms with Crippen LogP contribution < -0.4 is 0 Å². The summed E-state index contributed by atoms with van der Waals surface area (Å²) in [5.41, 5.74) is 4.87. The Morgan fingerprint density at radius 2 is 2.24 bits per heavy atom. The summed E-state index contributed by atoms with van der Waals surface area (Å²) in [5.74, 6) is 0. The van der Waals surface area contributed by atoms with Gasteiger partial charge in [0.2, 0.25) is 0 Å². The maximum Gasteiger partial charge on any atom is 0.104 e. The predicted molar refractivity (Wildman–Crippen MR) is 78.6 cm³/mol. The molecule has 1 aromatic carbocycles. The molecule has 3 aromatic rings. The Hall–Kier alpha value is -2.24. The first-order valence-electron chi connectivity index (χ1n) is 6.89. The van der Waals surface area contributed by atoms with Crippen LogP contribution in [0.3, 0.4) is 0 Å². The molecule has 2 aromatic heterocycles. The van der Waals surface area contributed by atoms with E-state index in [-0.39, 0.29) is 0 Å². The first kappa shape index (κ1) is 12.5. The number of aliphatic hydroxyl groups excluding tert-OH is 1. The molecule has 3 heterocycles. The largest absolute Gasteiger partial charge is 0.386 e. The van der Waals surface area contributed by atoms with Gasteiger partial charge in [-0.2, -0.15) is 5.10 Å². The van der Waals surface area contributed by atoms with Gasteiger partial charge in [0.15, 0.2) is 0 Å². The van der Waals surface area contributed by atoms with E-state index in [9.17, 15) is 5.11 Å². The summed E-state index contributed by atoms with van der Waals surface area (Å²) in [7, 11) is 1.91. The monoisotopic (exact) mass is 281 g/mol. The molecular formula is C16H15N3O2. The van der Waals surface area contributed by atoms with Gasteiger partial charge in [0.1, 0.15) is 6.10 Å². The van der Waals surface area contributed by atoms with E-state index in [1.165, 1.54) is 0 Å². The SMILES string of the molecule is Cn1cc2ccc(-c3cncc4c3COCC4O)cc2n1. The lowest BCUT2D eigenvalue weighted by molar-refractivity contribution is 0.00981. The van der Waals surface area contributed by atoms with Gasteiger partial charge in [-0.1, -0.05) is 12.1 Å². The van der Waals surface area contributed by atoms with Crippen molar-refractivity contribution in [3.63, 3.8) is 0 Å². The van der Waals surface area contributed by atoms with Gasteiger partial charge in [-0.15, -0.1) is 0 Å². The molecule has 0 saturated heterocycles. The Labute approximate surface area is 121 Å². The van der Waals surface area contributed by atoms with Crippen LogP contribution in [0.15, 0.2) is 36.8 Å². The van der Waals surface area contributed by atoms with Crippen molar-refractivity contribution in [2.45, 2.75) is 12.7 Å². The minimum atomic E-state index is -0.597. The average molecular weight is 281 g/mol. The van der Waals surface area contributed by atoms with Gasteiger partial charge in [0, 0.05) is 42.2 Å². The van der Waals surface area contributed by atoms with E-state index in [1.807, 2.05) is 25.5 Å². The van der Waals surface area contributed by atoms with E-state index >= 15 is 0 Å². The maximum absolute atomic E-state index is 10.0. The number of aliphatic hydroxyl groups is 1. The lowest BCUT2D eigenvalue weighted by Crippen LogP contribution is -2.17. The van der Waals surface area contributed by atoms with Gasteiger partial charge in [-0.25, -0.2) is 0 Å². The number of aromatic nitrogens is 3. The molecule has 1 aliphatic rings. The summed E-state index contributed by atoms with van der Waals surface area (Å²) in [6, 6.07) is 6.16. The fourth-order valence-corrected chi connectivity index (χ4v) is 2.87. The molecule has 4 rings (SSSR count). The smallest absolute Gasteiger partial charge is 0.104 e. The fourth-order valence-electron chi connectivity index (χ4n) is 2.87. The van der Waals surface area contributed by atoms with Gasteiger partial charge < -0.3 is 9.84 Å². The van der Waals surface area contributed by atoms with Gasteiger partial charge in [-0.05, 0) is 17.2 Å². The third kappa shape index (κ3) is 2.02. The van der Waals surface area contributed by atoms with Crippen molar-refractivity contribution in [1.82, 2.24) is 14.8 Å². The second-order valence-corrected chi connectivity index (χ2v) is 5.36. The first-order chi connectivity index (χ1) is 10.2. The highest BCUT2D eigenvalue weighted by Crippen LogP contribution is 2.33. The van der Waals surface area contributed by atoms with Crippen molar-refractivity contribution in [1.29, 1.82) is 0 Å². The number of pyridine rings is 1. The standard InChI is InChI=1S/C16H15N3O2/c1-19-7-11-3-2-10(4-15(11)18-19)12-5-17-6-13-14(12)8-21-9-16(13)20/h2-7,16,20H,8-9H2,1H3. The number of nitrogens with zero attached hydrogens (tertiary/aromatic N) is 3. The Kier molecular flexibility index (Phi) is 2.77. The number of aryl methyl sites for hydroxylation is 1. The first-order valence-corrected chi connectivity index (χ1v) is 6.89. The van der Waals surface area contributed by atoms with Crippen LogP contribution in [0, 0.1) is 0 Å². The molecule has 0 radical (unpaired) electrons. The van der Waals surface area contributed by atoms with Crippen molar-refractivity contribution < 1.29 is 9.84 Å². The van der Waals surface area contributed by atoms with E-state index in [4.69, 9.17) is 4.74 Å². The van der Waals surface area contributed by atoms with Crippen molar-refractivity contribution in [3.05, 3.63) is 47.9 Å². The molecule has 1 N–H and O–H groups in total. The highest BCUT2D eigenvalue weighted by molar-refractivity contribution is 5.84. The van der Waals surface area contributed by atoms with Crippen molar-refractivity contribution in [2.75, 3.05) is 6.61 Å². The highest BCUT2D eigenvalue weighted by atomic mass is 16.5. The normalized spacial score (nSPS) is 17.9. The Bertz CT molecular complexity index is 826. The number of hydrogen-bond acceptors (Lipinski definition) is 4. The number of hydrogen-bond donors (Lipinski definition) is 1. The van der Waals surface area contributed by atoms with Gasteiger partial charge >= 0.3 is 0 Å². The molecule has 5 nitrogen and oxygen atoms in total. The van der Waals surface area contributed by atoms with E-state index in [0.717, 1.165) is 33.2 Å². The zero-order valence-electron chi connectivity index (χ0n) is 11.7. The molecule has 106 valence electrons. The number of fused-ring (bicyclic) bond motifs is 2. The molecule has 0 saturated carbocycles. The van der Waals surface area contributed by atoms with Crippen LogP contribution in [0.1, 0.15) is 17.2 Å². The molecule has 0 aliphatic carbocycles. The number of ether oxygens (including phenoxy) is 1. The molecule has 0 fully saturated rings. The molecule has 1 aliphatic heterocycles. The highest BCUT2D eigenvalue weighted by Gasteiger charge is 2.22.